The second-order valence-corrected chi connectivity index (χ2v) is 7.50. The molecule has 1 heterocycles. The Morgan fingerprint density at radius 1 is 1.29 bits per heavy atom. The third-order valence-corrected chi connectivity index (χ3v) is 6.01. The number of non-ortho nitro benzene ring substituents is 1. The minimum atomic E-state index is -3.82. The van der Waals surface area contributed by atoms with Gasteiger partial charge in [0.2, 0.25) is 10.0 Å². The van der Waals surface area contributed by atoms with Gasteiger partial charge in [0.15, 0.2) is 0 Å². The van der Waals surface area contributed by atoms with Crippen LogP contribution in [0.3, 0.4) is 0 Å². The van der Waals surface area contributed by atoms with Gasteiger partial charge >= 0.3 is 5.97 Å². The SMILES string of the molecule is Cc1ccc([N+](=O)[O-])cc1S(=O)(=O)N1CCN(CCC(=O)O)CC1. The van der Waals surface area contributed by atoms with E-state index in [0.717, 1.165) is 6.07 Å². The lowest BCUT2D eigenvalue weighted by molar-refractivity contribution is -0.385. The van der Waals surface area contributed by atoms with Gasteiger partial charge in [-0.15, -0.1) is 0 Å². The van der Waals surface area contributed by atoms with Crippen molar-refractivity contribution in [3.05, 3.63) is 33.9 Å². The molecule has 1 N–H and O–H groups in total. The molecule has 132 valence electrons. The topological polar surface area (TPSA) is 121 Å². The number of sulfonamides is 1. The Hall–Kier alpha value is -2.04. The van der Waals surface area contributed by atoms with E-state index in [1.54, 1.807) is 6.92 Å². The molecule has 10 heteroatoms. The van der Waals surface area contributed by atoms with Crippen LogP contribution in [0.2, 0.25) is 0 Å². The normalized spacial score (nSPS) is 16.9. The molecule has 0 saturated carbocycles. The Morgan fingerprint density at radius 2 is 1.92 bits per heavy atom. The number of benzene rings is 1. The van der Waals surface area contributed by atoms with E-state index in [-0.39, 0.29) is 30.1 Å². The molecule has 0 aliphatic carbocycles. The van der Waals surface area contributed by atoms with Gasteiger partial charge in [0.1, 0.15) is 0 Å². The third kappa shape index (κ3) is 4.08. The molecule has 2 rings (SSSR count). The number of carboxylic acid groups (broad SMARTS) is 1. The number of rotatable bonds is 6. The smallest absolute Gasteiger partial charge is 0.304 e. The highest BCUT2D eigenvalue weighted by Gasteiger charge is 2.30. The predicted molar refractivity (Wildman–Crippen MR) is 85.3 cm³/mol. The molecule has 1 aliphatic heterocycles. The fraction of sp³-hybridized carbons (Fsp3) is 0.500. The first kappa shape index (κ1) is 18.3. The van der Waals surface area contributed by atoms with Crippen molar-refractivity contribution in [1.82, 2.24) is 9.21 Å². The summed E-state index contributed by atoms with van der Waals surface area (Å²) in [6.45, 7) is 3.29. The molecule has 0 unspecified atom stereocenters. The zero-order chi connectivity index (χ0) is 17.9. The first-order valence-electron chi connectivity index (χ1n) is 7.41. The quantitative estimate of drug-likeness (QED) is 0.587. The van der Waals surface area contributed by atoms with Crippen molar-refractivity contribution in [3.63, 3.8) is 0 Å². The number of nitro benzene ring substituents is 1. The maximum atomic E-state index is 12.7. The molecule has 1 aromatic carbocycles. The highest BCUT2D eigenvalue weighted by Crippen LogP contribution is 2.25. The molecular formula is C14H19N3O6S. The standard InChI is InChI=1S/C14H19N3O6S/c1-11-2-3-12(17(20)21)10-13(11)24(22,23)16-8-6-15(7-9-16)5-4-14(18)19/h2-3,10H,4-9H2,1H3,(H,18,19). The fourth-order valence-corrected chi connectivity index (χ4v) is 4.23. The zero-order valence-electron chi connectivity index (χ0n) is 13.2. The summed E-state index contributed by atoms with van der Waals surface area (Å²) in [4.78, 5) is 22.7. The van der Waals surface area contributed by atoms with Crippen molar-refractivity contribution >= 4 is 21.7 Å². The summed E-state index contributed by atoms with van der Waals surface area (Å²) in [5.74, 6) is -0.891. The summed E-state index contributed by atoms with van der Waals surface area (Å²) in [5.41, 5.74) is 0.188. The first-order chi connectivity index (χ1) is 11.2. The van der Waals surface area contributed by atoms with Crippen LogP contribution in [0.25, 0.3) is 0 Å². The molecule has 1 saturated heterocycles. The first-order valence-corrected chi connectivity index (χ1v) is 8.85. The fourth-order valence-electron chi connectivity index (χ4n) is 2.57. The Morgan fingerprint density at radius 3 is 2.46 bits per heavy atom. The molecule has 1 fully saturated rings. The van der Waals surface area contributed by atoms with Crippen LogP contribution in [-0.2, 0) is 14.8 Å². The van der Waals surface area contributed by atoms with E-state index < -0.39 is 20.9 Å². The second-order valence-electron chi connectivity index (χ2n) is 5.60. The molecule has 0 spiro atoms. The van der Waals surface area contributed by atoms with Crippen LogP contribution in [0, 0.1) is 17.0 Å². The third-order valence-electron chi connectivity index (χ3n) is 3.97. The van der Waals surface area contributed by atoms with Crippen molar-refractivity contribution in [2.45, 2.75) is 18.2 Å². The summed E-state index contributed by atoms with van der Waals surface area (Å²) < 4.78 is 26.8. The molecule has 0 amide bonds. The van der Waals surface area contributed by atoms with Gasteiger partial charge in [-0.25, -0.2) is 8.42 Å². The largest absolute Gasteiger partial charge is 0.481 e. The number of piperazine rings is 1. The van der Waals surface area contributed by atoms with Gasteiger partial charge < -0.3 is 10.0 Å². The molecule has 0 radical (unpaired) electrons. The second kappa shape index (κ2) is 7.24. The Kier molecular flexibility index (Phi) is 5.52. The van der Waals surface area contributed by atoms with Crippen LogP contribution < -0.4 is 0 Å². The highest BCUT2D eigenvalue weighted by molar-refractivity contribution is 7.89. The van der Waals surface area contributed by atoms with E-state index in [0.29, 0.717) is 25.2 Å². The zero-order valence-corrected chi connectivity index (χ0v) is 14.0. The van der Waals surface area contributed by atoms with Gasteiger partial charge in [-0.1, -0.05) is 6.07 Å². The monoisotopic (exact) mass is 357 g/mol. The molecule has 9 nitrogen and oxygen atoms in total. The number of hydrogen-bond acceptors (Lipinski definition) is 6. The van der Waals surface area contributed by atoms with Crippen molar-refractivity contribution < 1.29 is 23.2 Å². The van der Waals surface area contributed by atoms with Gasteiger partial charge in [0, 0.05) is 44.9 Å². The van der Waals surface area contributed by atoms with Gasteiger partial charge in [-0.3, -0.25) is 14.9 Å². The summed E-state index contributed by atoms with van der Waals surface area (Å²) in [7, 11) is -3.82. The van der Waals surface area contributed by atoms with Crippen LogP contribution in [0.15, 0.2) is 23.1 Å². The maximum absolute atomic E-state index is 12.7. The highest BCUT2D eigenvalue weighted by atomic mass is 32.2. The molecule has 24 heavy (non-hydrogen) atoms. The number of carboxylic acids is 1. The van der Waals surface area contributed by atoms with Crippen LogP contribution >= 0.6 is 0 Å². The number of nitro groups is 1. The molecular weight excluding hydrogens is 338 g/mol. The Labute approximate surface area is 139 Å². The number of hydrogen-bond donors (Lipinski definition) is 1. The summed E-state index contributed by atoms with van der Waals surface area (Å²) in [6, 6.07) is 3.79. The molecule has 0 atom stereocenters. The Bertz CT molecular complexity index is 741. The van der Waals surface area contributed by atoms with E-state index in [9.17, 15) is 23.3 Å². The van der Waals surface area contributed by atoms with Crippen LogP contribution in [0.5, 0.6) is 0 Å². The van der Waals surface area contributed by atoms with E-state index in [1.807, 2.05) is 4.90 Å². The lowest BCUT2D eigenvalue weighted by Gasteiger charge is -2.33. The van der Waals surface area contributed by atoms with Crippen LogP contribution in [0.1, 0.15) is 12.0 Å². The lowest BCUT2D eigenvalue weighted by Crippen LogP contribution is -2.49. The summed E-state index contributed by atoms with van der Waals surface area (Å²) in [6.07, 6.45) is 0.0107. The van der Waals surface area contributed by atoms with E-state index >= 15 is 0 Å². The van der Waals surface area contributed by atoms with Crippen molar-refractivity contribution in [1.29, 1.82) is 0 Å². The van der Waals surface area contributed by atoms with Crippen molar-refractivity contribution in [2.75, 3.05) is 32.7 Å². The average molecular weight is 357 g/mol. The van der Waals surface area contributed by atoms with E-state index in [2.05, 4.69) is 0 Å². The van der Waals surface area contributed by atoms with Gasteiger partial charge in [0.25, 0.3) is 5.69 Å². The molecule has 0 bridgehead atoms. The van der Waals surface area contributed by atoms with Gasteiger partial charge in [-0.05, 0) is 12.5 Å². The molecule has 1 aromatic rings. The number of nitrogens with zero attached hydrogens (tertiary/aromatic N) is 3. The van der Waals surface area contributed by atoms with E-state index in [1.165, 1.54) is 16.4 Å². The van der Waals surface area contributed by atoms with Crippen LogP contribution in [-0.4, -0.2) is 66.3 Å². The number of aryl methyl sites for hydroxylation is 1. The molecule has 1 aliphatic rings. The van der Waals surface area contributed by atoms with Gasteiger partial charge in [-0.2, -0.15) is 4.31 Å². The van der Waals surface area contributed by atoms with Crippen LogP contribution in [0.4, 0.5) is 5.69 Å². The van der Waals surface area contributed by atoms with Crippen molar-refractivity contribution in [3.8, 4) is 0 Å². The maximum Gasteiger partial charge on any atom is 0.304 e. The molecule has 0 aromatic heterocycles. The number of carbonyl (C=O) groups is 1. The van der Waals surface area contributed by atoms with Crippen molar-refractivity contribution in [2.24, 2.45) is 0 Å². The number of aliphatic carboxylic acids is 1. The average Bonchev–Trinajstić information content (AvgIpc) is 2.53. The lowest BCUT2D eigenvalue weighted by atomic mass is 10.2. The minimum Gasteiger partial charge on any atom is -0.481 e. The Balaban J connectivity index is 2.13. The van der Waals surface area contributed by atoms with Gasteiger partial charge in [0.05, 0.1) is 16.2 Å². The van der Waals surface area contributed by atoms with E-state index in [4.69, 9.17) is 5.11 Å². The minimum absolute atomic E-state index is 0.0107. The predicted octanol–water partition coefficient (Wildman–Crippen LogP) is 0.684. The summed E-state index contributed by atoms with van der Waals surface area (Å²) in [5, 5.41) is 19.6. The summed E-state index contributed by atoms with van der Waals surface area (Å²) >= 11 is 0.